The second kappa shape index (κ2) is 11.5. The van der Waals surface area contributed by atoms with Crippen LogP contribution in [0.15, 0.2) is 47.7 Å². The van der Waals surface area contributed by atoms with E-state index in [1.807, 2.05) is 43.0 Å². The van der Waals surface area contributed by atoms with Crippen LogP contribution in [0.1, 0.15) is 25.3 Å². The Hall–Kier alpha value is -2.56. The Morgan fingerprint density at radius 2 is 2.09 bits per heavy atom. The number of fused-ring (bicyclic) bond motifs is 1. The number of guanidine groups is 1. The molecule has 178 valence electrons. The van der Waals surface area contributed by atoms with Crippen LogP contribution in [-0.4, -0.2) is 60.5 Å². The third kappa shape index (κ3) is 6.27. The van der Waals surface area contributed by atoms with E-state index in [1.54, 1.807) is 0 Å². The molecule has 9 heteroatoms. The summed E-state index contributed by atoms with van der Waals surface area (Å²) in [6.45, 7) is 5.53. The average molecular weight is 563 g/mol. The molecule has 33 heavy (non-hydrogen) atoms. The highest BCUT2D eigenvalue weighted by molar-refractivity contribution is 14.0. The highest BCUT2D eigenvalue weighted by atomic mass is 127. The lowest BCUT2D eigenvalue weighted by Crippen LogP contribution is -2.51. The summed E-state index contributed by atoms with van der Waals surface area (Å²) in [5.41, 5.74) is 3.36. The Bertz CT molecular complexity index is 1080. The minimum absolute atomic E-state index is 0. The van der Waals surface area contributed by atoms with Crippen molar-refractivity contribution < 1.29 is 0 Å². The van der Waals surface area contributed by atoms with Gasteiger partial charge >= 0.3 is 0 Å². The van der Waals surface area contributed by atoms with Gasteiger partial charge in [-0.05, 0) is 37.5 Å². The lowest BCUT2D eigenvalue weighted by atomic mass is 10.1. The van der Waals surface area contributed by atoms with Gasteiger partial charge in [0.2, 0.25) is 0 Å². The third-order valence-electron chi connectivity index (χ3n) is 5.82. The standard InChI is InChI=1S/C24H34N8.HI/c1-5-25-24(28-19-9-8-12-32(16-19)20-15-27-31(4)17-20)26-14-18-13-23(30(2)3)29-22-11-7-6-10-21(18)22;/h6-7,10-11,13,15,17,19H,5,8-9,12,14,16H2,1-4H3,(H2,25,26,28);1H. The topological polar surface area (TPSA) is 73.6 Å². The highest BCUT2D eigenvalue weighted by Crippen LogP contribution is 2.23. The van der Waals surface area contributed by atoms with E-state index >= 15 is 0 Å². The van der Waals surface area contributed by atoms with Crippen LogP contribution in [0.2, 0.25) is 0 Å². The summed E-state index contributed by atoms with van der Waals surface area (Å²) in [7, 11) is 6.00. The maximum atomic E-state index is 4.94. The summed E-state index contributed by atoms with van der Waals surface area (Å²) in [6, 6.07) is 10.8. The number of piperidine rings is 1. The van der Waals surface area contributed by atoms with Crippen molar-refractivity contribution in [1.82, 2.24) is 25.4 Å². The monoisotopic (exact) mass is 562 g/mol. The summed E-state index contributed by atoms with van der Waals surface area (Å²) < 4.78 is 1.86. The number of aromatic nitrogens is 3. The normalized spacial score (nSPS) is 16.4. The van der Waals surface area contributed by atoms with Crippen LogP contribution in [0.5, 0.6) is 0 Å². The fourth-order valence-electron chi connectivity index (χ4n) is 4.17. The summed E-state index contributed by atoms with van der Waals surface area (Å²) in [4.78, 5) is 14.1. The van der Waals surface area contributed by atoms with Crippen molar-refractivity contribution in [3.05, 3.63) is 48.3 Å². The number of nitrogens with one attached hydrogen (secondary N) is 2. The molecular weight excluding hydrogens is 527 g/mol. The summed E-state index contributed by atoms with van der Waals surface area (Å²) in [6.07, 6.45) is 6.30. The zero-order valence-electron chi connectivity index (χ0n) is 20.0. The molecule has 2 N–H and O–H groups in total. The van der Waals surface area contributed by atoms with Crippen molar-refractivity contribution >= 4 is 52.3 Å². The van der Waals surface area contributed by atoms with Crippen LogP contribution in [0.25, 0.3) is 10.9 Å². The van der Waals surface area contributed by atoms with E-state index in [0.29, 0.717) is 12.6 Å². The summed E-state index contributed by atoms with van der Waals surface area (Å²) in [5.74, 6) is 1.81. The van der Waals surface area contributed by atoms with E-state index in [2.05, 4.69) is 58.0 Å². The molecule has 3 aromatic rings. The second-order valence-electron chi connectivity index (χ2n) is 8.55. The van der Waals surface area contributed by atoms with E-state index in [4.69, 9.17) is 9.98 Å². The predicted molar refractivity (Wildman–Crippen MR) is 148 cm³/mol. The second-order valence-corrected chi connectivity index (χ2v) is 8.55. The molecule has 1 fully saturated rings. The first-order valence-electron chi connectivity index (χ1n) is 11.4. The van der Waals surface area contributed by atoms with Gasteiger partial charge in [0.15, 0.2) is 5.96 Å². The molecule has 2 aromatic heterocycles. The quantitative estimate of drug-likeness (QED) is 0.273. The Morgan fingerprint density at radius 1 is 1.27 bits per heavy atom. The molecule has 1 atom stereocenters. The number of benzene rings is 1. The number of nitrogens with zero attached hydrogens (tertiary/aromatic N) is 6. The van der Waals surface area contributed by atoms with E-state index < -0.39 is 0 Å². The number of pyridine rings is 1. The molecule has 1 unspecified atom stereocenters. The molecule has 0 radical (unpaired) electrons. The minimum Gasteiger partial charge on any atom is -0.367 e. The summed E-state index contributed by atoms with van der Waals surface area (Å²) in [5, 5.41) is 12.6. The van der Waals surface area contributed by atoms with Gasteiger partial charge in [-0.3, -0.25) is 4.68 Å². The zero-order chi connectivity index (χ0) is 22.5. The van der Waals surface area contributed by atoms with Gasteiger partial charge in [0.25, 0.3) is 0 Å². The number of para-hydroxylation sites is 1. The van der Waals surface area contributed by atoms with Crippen LogP contribution in [-0.2, 0) is 13.6 Å². The number of rotatable bonds is 6. The minimum atomic E-state index is 0. The SMILES string of the molecule is CCNC(=NCc1cc(N(C)C)nc2ccccc12)NC1CCCN(c2cnn(C)c2)C1.I. The molecule has 0 amide bonds. The highest BCUT2D eigenvalue weighted by Gasteiger charge is 2.22. The van der Waals surface area contributed by atoms with Crippen LogP contribution in [0.4, 0.5) is 11.5 Å². The van der Waals surface area contributed by atoms with Gasteiger partial charge in [-0.2, -0.15) is 5.10 Å². The zero-order valence-corrected chi connectivity index (χ0v) is 22.3. The first-order chi connectivity index (χ1) is 15.5. The Kier molecular flexibility index (Phi) is 8.76. The Morgan fingerprint density at radius 3 is 2.82 bits per heavy atom. The smallest absolute Gasteiger partial charge is 0.191 e. The van der Waals surface area contributed by atoms with Crippen LogP contribution < -0.4 is 20.4 Å². The van der Waals surface area contributed by atoms with E-state index in [0.717, 1.165) is 55.2 Å². The van der Waals surface area contributed by atoms with E-state index in [9.17, 15) is 0 Å². The summed E-state index contributed by atoms with van der Waals surface area (Å²) >= 11 is 0. The van der Waals surface area contributed by atoms with Crippen molar-refractivity contribution in [2.75, 3.05) is 43.5 Å². The number of anilines is 2. The van der Waals surface area contributed by atoms with Crippen LogP contribution >= 0.6 is 24.0 Å². The van der Waals surface area contributed by atoms with E-state index in [1.165, 1.54) is 11.3 Å². The predicted octanol–water partition coefficient (Wildman–Crippen LogP) is 3.38. The first-order valence-corrected chi connectivity index (χ1v) is 11.4. The molecular formula is C24H35IN8. The van der Waals surface area contributed by atoms with Gasteiger partial charge in [0.05, 0.1) is 23.9 Å². The molecule has 0 spiro atoms. The number of hydrogen-bond acceptors (Lipinski definition) is 5. The van der Waals surface area contributed by atoms with Crippen LogP contribution in [0, 0.1) is 0 Å². The Labute approximate surface area is 213 Å². The molecule has 1 aliphatic rings. The van der Waals surface area contributed by atoms with Gasteiger partial charge in [-0.25, -0.2) is 9.98 Å². The molecule has 1 saturated heterocycles. The molecule has 0 bridgehead atoms. The lowest BCUT2D eigenvalue weighted by molar-refractivity contribution is 0.468. The number of hydrogen-bond donors (Lipinski definition) is 2. The van der Waals surface area contributed by atoms with E-state index in [-0.39, 0.29) is 24.0 Å². The molecule has 0 saturated carbocycles. The van der Waals surface area contributed by atoms with Crippen molar-refractivity contribution in [3.63, 3.8) is 0 Å². The first kappa shape index (κ1) is 25.1. The number of aryl methyl sites for hydroxylation is 1. The van der Waals surface area contributed by atoms with Gasteiger partial charge < -0.3 is 20.4 Å². The molecule has 8 nitrogen and oxygen atoms in total. The fourth-order valence-corrected chi connectivity index (χ4v) is 4.17. The van der Waals surface area contributed by atoms with Crippen molar-refractivity contribution in [2.24, 2.45) is 12.0 Å². The average Bonchev–Trinajstić information content (AvgIpc) is 3.23. The third-order valence-corrected chi connectivity index (χ3v) is 5.82. The van der Waals surface area contributed by atoms with Crippen molar-refractivity contribution in [2.45, 2.75) is 32.4 Å². The van der Waals surface area contributed by atoms with Gasteiger partial charge in [0.1, 0.15) is 5.82 Å². The molecule has 4 rings (SSSR count). The maximum absolute atomic E-state index is 4.94. The molecule has 3 heterocycles. The fraction of sp³-hybridized carbons (Fsp3) is 0.458. The van der Waals surface area contributed by atoms with Crippen LogP contribution in [0.3, 0.4) is 0 Å². The Balaban J connectivity index is 0.00000306. The largest absolute Gasteiger partial charge is 0.367 e. The van der Waals surface area contributed by atoms with Gasteiger partial charge in [0, 0.05) is 58.4 Å². The molecule has 0 aliphatic carbocycles. The number of aliphatic imine (C=N–C) groups is 1. The van der Waals surface area contributed by atoms with Crippen molar-refractivity contribution in [3.8, 4) is 0 Å². The van der Waals surface area contributed by atoms with Gasteiger partial charge in [-0.15, -0.1) is 24.0 Å². The van der Waals surface area contributed by atoms with Gasteiger partial charge in [-0.1, -0.05) is 18.2 Å². The maximum Gasteiger partial charge on any atom is 0.191 e. The molecule has 1 aromatic carbocycles. The lowest BCUT2D eigenvalue weighted by Gasteiger charge is -2.34. The number of halogens is 1. The van der Waals surface area contributed by atoms with Crippen molar-refractivity contribution in [1.29, 1.82) is 0 Å². The molecule has 1 aliphatic heterocycles.